The maximum atomic E-state index is 13.3. The maximum absolute atomic E-state index is 13.3. The zero-order valence-electron chi connectivity index (χ0n) is 15.8. The van der Waals surface area contributed by atoms with E-state index in [0.29, 0.717) is 11.3 Å². The van der Waals surface area contributed by atoms with Gasteiger partial charge in [0.1, 0.15) is 11.6 Å². The Bertz CT molecular complexity index is 1160. The van der Waals surface area contributed by atoms with Crippen molar-refractivity contribution in [3.63, 3.8) is 0 Å². The van der Waals surface area contributed by atoms with E-state index in [0.717, 1.165) is 11.6 Å². The molecule has 3 aromatic carbocycles. The molecule has 0 aromatic heterocycles. The minimum absolute atomic E-state index is 0.0892. The smallest absolute Gasteiger partial charge is 0.261 e. The molecule has 6 nitrogen and oxygen atoms in total. The molecule has 29 heavy (non-hydrogen) atoms. The summed E-state index contributed by atoms with van der Waals surface area (Å²) in [6, 6.07) is 16.2. The van der Waals surface area contributed by atoms with Crippen molar-refractivity contribution in [1.29, 1.82) is 0 Å². The summed E-state index contributed by atoms with van der Waals surface area (Å²) < 4.78 is 46.3. The van der Waals surface area contributed by atoms with E-state index >= 15 is 0 Å². The number of methoxy groups -OCH3 is 1. The monoisotopic (exact) mass is 414 g/mol. The number of nitrogens with one attached hydrogen (secondary N) is 2. The molecule has 150 valence electrons. The lowest BCUT2D eigenvalue weighted by Gasteiger charge is -2.14. The SMILES string of the molecule is COc1ccc(S(=O)(=O)Nc2cccc(F)c2)cc1NC(=O)c1ccccc1C. The number of benzene rings is 3. The molecule has 0 unspecified atom stereocenters. The molecule has 3 rings (SSSR count). The van der Waals surface area contributed by atoms with E-state index in [1.54, 1.807) is 25.1 Å². The number of amides is 1. The minimum atomic E-state index is -4.01. The third kappa shape index (κ3) is 4.72. The van der Waals surface area contributed by atoms with Crippen LogP contribution < -0.4 is 14.8 Å². The van der Waals surface area contributed by atoms with Crippen molar-refractivity contribution in [2.24, 2.45) is 0 Å². The Morgan fingerprint density at radius 3 is 2.45 bits per heavy atom. The zero-order valence-corrected chi connectivity index (χ0v) is 16.6. The van der Waals surface area contributed by atoms with E-state index in [1.165, 1.54) is 43.5 Å². The molecule has 0 atom stereocenters. The van der Waals surface area contributed by atoms with Crippen LogP contribution in [0, 0.1) is 12.7 Å². The molecule has 0 heterocycles. The quantitative estimate of drug-likeness (QED) is 0.633. The second-order valence-corrected chi connectivity index (χ2v) is 7.93. The van der Waals surface area contributed by atoms with Gasteiger partial charge in [-0.15, -0.1) is 0 Å². The van der Waals surface area contributed by atoms with Crippen molar-refractivity contribution in [2.75, 3.05) is 17.1 Å². The molecule has 0 spiro atoms. The second kappa shape index (κ2) is 8.32. The van der Waals surface area contributed by atoms with E-state index in [4.69, 9.17) is 4.74 Å². The summed E-state index contributed by atoms with van der Waals surface area (Å²) in [5.74, 6) is -0.656. The number of hydrogen-bond donors (Lipinski definition) is 2. The van der Waals surface area contributed by atoms with Gasteiger partial charge in [0, 0.05) is 5.56 Å². The number of carbonyl (C=O) groups is 1. The average Bonchev–Trinajstić information content (AvgIpc) is 2.68. The highest BCUT2D eigenvalue weighted by Crippen LogP contribution is 2.29. The highest BCUT2D eigenvalue weighted by molar-refractivity contribution is 7.92. The van der Waals surface area contributed by atoms with E-state index in [-0.39, 0.29) is 16.3 Å². The van der Waals surface area contributed by atoms with Crippen LogP contribution in [0.2, 0.25) is 0 Å². The van der Waals surface area contributed by atoms with Crippen molar-refractivity contribution in [3.05, 3.63) is 83.7 Å². The number of sulfonamides is 1. The van der Waals surface area contributed by atoms with Gasteiger partial charge in [-0.05, 0) is 55.0 Å². The number of hydrogen-bond acceptors (Lipinski definition) is 4. The van der Waals surface area contributed by atoms with Crippen molar-refractivity contribution >= 4 is 27.3 Å². The maximum Gasteiger partial charge on any atom is 0.261 e. The van der Waals surface area contributed by atoms with Crippen molar-refractivity contribution in [3.8, 4) is 5.75 Å². The first-order valence-corrected chi connectivity index (χ1v) is 10.1. The highest BCUT2D eigenvalue weighted by atomic mass is 32.2. The lowest BCUT2D eigenvalue weighted by Crippen LogP contribution is -2.16. The van der Waals surface area contributed by atoms with E-state index in [2.05, 4.69) is 10.0 Å². The molecule has 0 aliphatic rings. The molecule has 0 aliphatic carbocycles. The van der Waals surface area contributed by atoms with Crippen molar-refractivity contribution in [2.45, 2.75) is 11.8 Å². The first-order chi connectivity index (χ1) is 13.8. The molecule has 0 saturated carbocycles. The number of ether oxygens (including phenoxy) is 1. The van der Waals surface area contributed by atoms with Gasteiger partial charge < -0.3 is 10.1 Å². The van der Waals surface area contributed by atoms with Crippen LogP contribution in [0.1, 0.15) is 15.9 Å². The Kier molecular flexibility index (Phi) is 5.84. The van der Waals surface area contributed by atoms with E-state index in [9.17, 15) is 17.6 Å². The Hall–Kier alpha value is -3.39. The summed E-state index contributed by atoms with van der Waals surface area (Å²) in [6.07, 6.45) is 0. The molecule has 0 bridgehead atoms. The van der Waals surface area contributed by atoms with Crippen LogP contribution in [-0.2, 0) is 10.0 Å². The van der Waals surface area contributed by atoms with Crippen LogP contribution >= 0.6 is 0 Å². The molecular weight excluding hydrogens is 395 g/mol. The summed E-state index contributed by atoms with van der Waals surface area (Å²) in [5.41, 5.74) is 1.52. The summed E-state index contributed by atoms with van der Waals surface area (Å²) >= 11 is 0. The Labute approximate surface area is 168 Å². The van der Waals surface area contributed by atoms with Gasteiger partial charge in [0.05, 0.1) is 23.4 Å². The molecule has 1 amide bonds. The predicted molar refractivity (Wildman–Crippen MR) is 109 cm³/mol. The lowest BCUT2D eigenvalue weighted by atomic mass is 10.1. The first-order valence-electron chi connectivity index (χ1n) is 8.63. The normalized spacial score (nSPS) is 11.0. The topological polar surface area (TPSA) is 84.5 Å². The van der Waals surface area contributed by atoms with Gasteiger partial charge >= 0.3 is 0 Å². The van der Waals surface area contributed by atoms with Gasteiger partial charge in [0.25, 0.3) is 15.9 Å². The molecule has 2 N–H and O–H groups in total. The van der Waals surface area contributed by atoms with Crippen molar-refractivity contribution < 1.29 is 22.3 Å². The van der Waals surface area contributed by atoms with Crippen LogP contribution in [0.5, 0.6) is 5.75 Å². The van der Waals surface area contributed by atoms with E-state index in [1.807, 2.05) is 6.07 Å². The Balaban J connectivity index is 1.92. The number of rotatable bonds is 6. The molecule has 0 fully saturated rings. The predicted octanol–water partition coefficient (Wildman–Crippen LogP) is 4.20. The van der Waals surface area contributed by atoms with Crippen LogP contribution in [0.3, 0.4) is 0 Å². The standard InChI is InChI=1S/C21H19FN2O4S/c1-14-6-3-4-9-18(14)21(25)23-19-13-17(10-11-20(19)28-2)29(26,27)24-16-8-5-7-15(22)12-16/h3-13,24H,1-2H3,(H,23,25). The van der Waals surface area contributed by atoms with Gasteiger partial charge in [-0.3, -0.25) is 9.52 Å². The second-order valence-electron chi connectivity index (χ2n) is 6.25. The number of aryl methyl sites for hydroxylation is 1. The largest absolute Gasteiger partial charge is 0.495 e. The third-order valence-corrected chi connectivity index (χ3v) is 5.57. The lowest BCUT2D eigenvalue weighted by molar-refractivity contribution is 0.102. The summed E-state index contributed by atoms with van der Waals surface area (Å²) in [4.78, 5) is 12.5. The fourth-order valence-corrected chi connectivity index (χ4v) is 3.81. The zero-order chi connectivity index (χ0) is 21.0. The average molecular weight is 414 g/mol. The van der Waals surface area contributed by atoms with Crippen LogP contribution in [-0.4, -0.2) is 21.4 Å². The van der Waals surface area contributed by atoms with E-state index < -0.39 is 21.7 Å². The van der Waals surface area contributed by atoms with Crippen molar-refractivity contribution in [1.82, 2.24) is 0 Å². The van der Waals surface area contributed by atoms with Crippen LogP contribution in [0.15, 0.2) is 71.6 Å². The Morgan fingerprint density at radius 1 is 1.00 bits per heavy atom. The third-order valence-electron chi connectivity index (χ3n) is 4.20. The van der Waals surface area contributed by atoms with Gasteiger partial charge in [0.2, 0.25) is 0 Å². The number of carbonyl (C=O) groups excluding carboxylic acids is 1. The fraction of sp³-hybridized carbons (Fsp3) is 0.0952. The molecule has 0 aliphatic heterocycles. The first kappa shape index (κ1) is 20.3. The number of anilines is 2. The summed E-state index contributed by atoms with van der Waals surface area (Å²) in [7, 11) is -2.60. The van der Waals surface area contributed by atoms with Gasteiger partial charge in [0.15, 0.2) is 0 Å². The van der Waals surface area contributed by atoms with Gasteiger partial charge in [-0.2, -0.15) is 0 Å². The van der Waals surface area contributed by atoms with Crippen LogP contribution in [0.4, 0.5) is 15.8 Å². The highest BCUT2D eigenvalue weighted by Gasteiger charge is 2.19. The fourth-order valence-electron chi connectivity index (χ4n) is 2.74. The minimum Gasteiger partial charge on any atom is -0.495 e. The molecule has 0 saturated heterocycles. The molecule has 0 radical (unpaired) electrons. The summed E-state index contributed by atoms with van der Waals surface area (Å²) in [6.45, 7) is 1.80. The Morgan fingerprint density at radius 2 is 1.76 bits per heavy atom. The molecule has 3 aromatic rings. The van der Waals surface area contributed by atoms with Gasteiger partial charge in [-0.1, -0.05) is 24.3 Å². The van der Waals surface area contributed by atoms with Crippen LogP contribution in [0.25, 0.3) is 0 Å². The number of halogens is 1. The molecular formula is C21H19FN2O4S. The van der Waals surface area contributed by atoms with Gasteiger partial charge in [-0.25, -0.2) is 12.8 Å². The molecule has 8 heteroatoms. The summed E-state index contributed by atoms with van der Waals surface area (Å²) in [5, 5.41) is 2.69.